The molecule has 3 rings (SSSR count). The molecule has 0 saturated carbocycles. The number of nitrogens with two attached hydrogens (primary N) is 1. The van der Waals surface area contributed by atoms with Crippen molar-refractivity contribution in [2.75, 3.05) is 0 Å². The highest BCUT2D eigenvalue weighted by atomic mass is 16.3. The molecule has 0 fully saturated rings. The van der Waals surface area contributed by atoms with Crippen LogP contribution in [0.15, 0.2) is 48.5 Å². The minimum Gasteiger partial charge on any atom is -0.508 e. The number of aryl methyl sites for hydroxylation is 2. The molecule has 1 heterocycles. The van der Waals surface area contributed by atoms with Crippen molar-refractivity contribution in [2.45, 2.75) is 33.7 Å². The first-order valence-corrected chi connectivity index (χ1v) is 8.73. The van der Waals surface area contributed by atoms with Crippen LogP contribution in [0.5, 0.6) is 5.75 Å². The molecule has 3 N–H and O–H groups in total. The smallest absolute Gasteiger partial charge is 0.251 e. The maximum absolute atomic E-state index is 12.2. The Morgan fingerprint density at radius 3 is 2.27 bits per heavy atom. The van der Waals surface area contributed by atoms with Crippen LogP contribution in [-0.2, 0) is 13.0 Å². The Morgan fingerprint density at radius 1 is 1.00 bits per heavy atom. The number of phenols is 1. The molecule has 0 bridgehead atoms. The van der Waals surface area contributed by atoms with Crippen molar-refractivity contribution in [1.29, 1.82) is 0 Å². The summed E-state index contributed by atoms with van der Waals surface area (Å²) in [6.45, 7) is 6.78. The lowest BCUT2D eigenvalue weighted by molar-refractivity contribution is 0.1000. The fourth-order valence-corrected chi connectivity index (χ4v) is 3.61. The Balaban J connectivity index is 2.04. The van der Waals surface area contributed by atoms with Gasteiger partial charge in [-0.3, -0.25) is 4.79 Å². The van der Waals surface area contributed by atoms with Crippen molar-refractivity contribution in [3.8, 4) is 16.9 Å². The summed E-state index contributed by atoms with van der Waals surface area (Å²) < 4.78 is 2.16. The number of benzene rings is 2. The van der Waals surface area contributed by atoms with E-state index in [4.69, 9.17) is 5.73 Å². The number of primary amides is 1. The van der Waals surface area contributed by atoms with Gasteiger partial charge in [0, 0.05) is 23.5 Å². The summed E-state index contributed by atoms with van der Waals surface area (Å²) in [7, 11) is 0. The van der Waals surface area contributed by atoms with Crippen molar-refractivity contribution in [3.63, 3.8) is 0 Å². The number of aromatic nitrogens is 1. The third-order valence-corrected chi connectivity index (χ3v) is 5.00. The highest BCUT2D eigenvalue weighted by Gasteiger charge is 2.23. The lowest BCUT2D eigenvalue weighted by Gasteiger charge is -2.11. The number of aromatic hydroxyl groups is 1. The van der Waals surface area contributed by atoms with Crippen molar-refractivity contribution in [3.05, 3.63) is 76.6 Å². The van der Waals surface area contributed by atoms with E-state index < -0.39 is 5.91 Å². The van der Waals surface area contributed by atoms with E-state index in [1.807, 2.05) is 57.2 Å². The van der Waals surface area contributed by atoms with Crippen LogP contribution in [-0.4, -0.2) is 15.6 Å². The SMILES string of the molecule is Cc1ccccc1-c1c(C(N)=O)c(C)n(CCc2ccc(O)cc2)c1C. The molecule has 1 amide bonds. The Labute approximate surface area is 153 Å². The second-order valence-corrected chi connectivity index (χ2v) is 6.67. The third kappa shape index (κ3) is 3.23. The number of amides is 1. The molecule has 134 valence electrons. The van der Waals surface area contributed by atoms with Crippen LogP contribution in [0.2, 0.25) is 0 Å². The highest BCUT2D eigenvalue weighted by molar-refractivity contribution is 6.02. The average Bonchev–Trinajstić information content (AvgIpc) is 2.85. The predicted octanol–water partition coefficient (Wildman–Crippen LogP) is 4.13. The van der Waals surface area contributed by atoms with E-state index in [0.29, 0.717) is 5.56 Å². The van der Waals surface area contributed by atoms with Crippen molar-refractivity contribution < 1.29 is 9.90 Å². The molecule has 0 spiro atoms. The molecule has 0 aliphatic heterocycles. The molecule has 0 radical (unpaired) electrons. The van der Waals surface area contributed by atoms with Gasteiger partial charge in [-0.15, -0.1) is 0 Å². The predicted molar refractivity (Wildman–Crippen MR) is 104 cm³/mol. The molecule has 3 aromatic rings. The fourth-order valence-electron chi connectivity index (χ4n) is 3.61. The lowest BCUT2D eigenvalue weighted by atomic mass is 9.96. The van der Waals surface area contributed by atoms with Crippen LogP contribution >= 0.6 is 0 Å². The van der Waals surface area contributed by atoms with Crippen LogP contribution in [0, 0.1) is 20.8 Å². The molecule has 1 aromatic heterocycles. The summed E-state index contributed by atoms with van der Waals surface area (Å²) in [6.07, 6.45) is 0.808. The van der Waals surface area contributed by atoms with Gasteiger partial charge in [-0.2, -0.15) is 0 Å². The first-order valence-electron chi connectivity index (χ1n) is 8.73. The molecular formula is C22H24N2O2. The van der Waals surface area contributed by atoms with E-state index in [1.165, 1.54) is 0 Å². The minimum atomic E-state index is -0.396. The van der Waals surface area contributed by atoms with Crippen molar-refractivity contribution in [1.82, 2.24) is 4.57 Å². The summed E-state index contributed by atoms with van der Waals surface area (Å²) in [5.74, 6) is -0.132. The normalized spacial score (nSPS) is 10.9. The summed E-state index contributed by atoms with van der Waals surface area (Å²) in [4.78, 5) is 12.2. The van der Waals surface area contributed by atoms with Gasteiger partial charge in [0.15, 0.2) is 0 Å². The standard InChI is InChI=1S/C22H24N2O2/c1-14-6-4-5-7-19(14)20-15(2)24(16(3)21(20)22(23)26)13-12-17-8-10-18(25)11-9-17/h4-11,25H,12-13H2,1-3H3,(H2,23,26). The number of carbonyl (C=O) groups excluding carboxylic acids is 1. The molecule has 0 saturated heterocycles. The van der Waals surface area contributed by atoms with Gasteiger partial charge in [0.05, 0.1) is 5.56 Å². The van der Waals surface area contributed by atoms with Gasteiger partial charge in [-0.25, -0.2) is 0 Å². The maximum atomic E-state index is 12.2. The second kappa shape index (κ2) is 7.08. The summed E-state index contributed by atoms with van der Waals surface area (Å²) in [6, 6.07) is 15.3. The maximum Gasteiger partial charge on any atom is 0.251 e. The van der Waals surface area contributed by atoms with Crippen molar-refractivity contribution in [2.24, 2.45) is 5.73 Å². The van der Waals surface area contributed by atoms with E-state index in [2.05, 4.69) is 4.57 Å². The van der Waals surface area contributed by atoms with E-state index in [0.717, 1.165) is 46.6 Å². The summed E-state index contributed by atoms with van der Waals surface area (Å²) in [5, 5.41) is 9.43. The second-order valence-electron chi connectivity index (χ2n) is 6.67. The van der Waals surface area contributed by atoms with Gasteiger partial charge in [0.1, 0.15) is 5.75 Å². The first kappa shape index (κ1) is 17.8. The zero-order valence-electron chi connectivity index (χ0n) is 15.4. The molecule has 0 unspecified atom stereocenters. The molecule has 4 heteroatoms. The number of hydrogen-bond acceptors (Lipinski definition) is 2. The Hall–Kier alpha value is -3.01. The lowest BCUT2D eigenvalue weighted by Crippen LogP contribution is -2.14. The molecule has 0 atom stereocenters. The van der Waals surface area contributed by atoms with Crippen LogP contribution in [0.4, 0.5) is 0 Å². The van der Waals surface area contributed by atoms with Gasteiger partial charge in [-0.05, 0) is 56.0 Å². The number of carbonyl (C=O) groups is 1. The van der Waals surface area contributed by atoms with Crippen LogP contribution in [0.3, 0.4) is 0 Å². The van der Waals surface area contributed by atoms with Gasteiger partial charge in [0.25, 0.3) is 5.91 Å². The number of hydrogen-bond donors (Lipinski definition) is 2. The van der Waals surface area contributed by atoms with E-state index in [-0.39, 0.29) is 5.75 Å². The fraction of sp³-hybridized carbons (Fsp3) is 0.227. The quantitative estimate of drug-likeness (QED) is 0.728. The van der Waals surface area contributed by atoms with E-state index in [1.54, 1.807) is 12.1 Å². The Bertz CT molecular complexity index is 953. The molecular weight excluding hydrogens is 324 g/mol. The highest BCUT2D eigenvalue weighted by Crippen LogP contribution is 2.34. The van der Waals surface area contributed by atoms with Gasteiger partial charge in [0.2, 0.25) is 0 Å². The molecule has 26 heavy (non-hydrogen) atoms. The Morgan fingerprint density at radius 2 is 1.65 bits per heavy atom. The van der Waals surface area contributed by atoms with Gasteiger partial charge < -0.3 is 15.4 Å². The van der Waals surface area contributed by atoms with Crippen molar-refractivity contribution >= 4 is 5.91 Å². The molecule has 4 nitrogen and oxygen atoms in total. The van der Waals surface area contributed by atoms with Crippen LogP contribution in [0.1, 0.15) is 32.9 Å². The first-order chi connectivity index (χ1) is 12.4. The topological polar surface area (TPSA) is 68.2 Å². The molecule has 0 aliphatic rings. The largest absolute Gasteiger partial charge is 0.508 e. The number of phenolic OH excluding ortho intramolecular Hbond substituents is 1. The average molecular weight is 348 g/mol. The van der Waals surface area contributed by atoms with Gasteiger partial charge in [-0.1, -0.05) is 36.4 Å². The van der Waals surface area contributed by atoms with E-state index >= 15 is 0 Å². The third-order valence-electron chi connectivity index (χ3n) is 5.00. The monoisotopic (exact) mass is 348 g/mol. The zero-order chi connectivity index (χ0) is 18.8. The molecule has 2 aromatic carbocycles. The van der Waals surface area contributed by atoms with Crippen LogP contribution < -0.4 is 5.73 Å². The zero-order valence-corrected chi connectivity index (χ0v) is 15.4. The van der Waals surface area contributed by atoms with E-state index in [9.17, 15) is 9.90 Å². The molecule has 0 aliphatic carbocycles. The van der Waals surface area contributed by atoms with Gasteiger partial charge >= 0.3 is 0 Å². The number of nitrogens with zero attached hydrogens (tertiary/aromatic N) is 1. The minimum absolute atomic E-state index is 0.264. The number of rotatable bonds is 5. The summed E-state index contributed by atoms with van der Waals surface area (Å²) in [5.41, 5.74) is 12.5. The van der Waals surface area contributed by atoms with Crippen LogP contribution in [0.25, 0.3) is 11.1 Å². The summed E-state index contributed by atoms with van der Waals surface area (Å²) >= 11 is 0. The Kier molecular flexibility index (Phi) is 4.85.